The topological polar surface area (TPSA) is 88.3 Å². The molecule has 0 radical (unpaired) electrons. The predicted octanol–water partition coefficient (Wildman–Crippen LogP) is 1.68. The van der Waals surface area contributed by atoms with E-state index in [1.165, 1.54) is 0 Å². The number of rotatable bonds is 3. The number of carbonyl (C=O) groups is 1. The van der Waals surface area contributed by atoms with Gasteiger partial charge in [0.15, 0.2) is 5.82 Å². The fraction of sp³-hybridized carbons (Fsp3) is 0.353. The van der Waals surface area contributed by atoms with Crippen LogP contribution in [0.5, 0.6) is 0 Å². The molecule has 25 heavy (non-hydrogen) atoms. The number of nitrogens with zero attached hydrogens (tertiary/aromatic N) is 6. The van der Waals surface area contributed by atoms with Crippen molar-refractivity contribution in [1.29, 1.82) is 0 Å². The molecule has 0 aliphatic carbocycles. The smallest absolute Gasteiger partial charge is 0.230 e. The predicted molar refractivity (Wildman–Crippen MR) is 93.3 cm³/mol. The van der Waals surface area contributed by atoms with Gasteiger partial charge in [0.1, 0.15) is 12.1 Å². The maximum absolute atomic E-state index is 12.7. The van der Waals surface area contributed by atoms with Crippen LogP contribution in [0.15, 0.2) is 37.1 Å². The zero-order valence-corrected chi connectivity index (χ0v) is 14.0. The van der Waals surface area contributed by atoms with Crippen molar-refractivity contribution >= 4 is 23.2 Å². The minimum atomic E-state index is -0.111. The first-order valence-corrected chi connectivity index (χ1v) is 8.34. The summed E-state index contributed by atoms with van der Waals surface area (Å²) in [4.78, 5) is 23.5. The van der Waals surface area contributed by atoms with Gasteiger partial charge in [0.05, 0.1) is 5.92 Å². The van der Waals surface area contributed by atoms with Crippen molar-refractivity contribution in [3.05, 3.63) is 42.6 Å². The van der Waals surface area contributed by atoms with Crippen LogP contribution in [-0.4, -0.2) is 43.6 Å². The van der Waals surface area contributed by atoms with Crippen molar-refractivity contribution in [2.24, 2.45) is 5.92 Å². The first-order valence-electron chi connectivity index (χ1n) is 8.34. The fourth-order valence-corrected chi connectivity index (χ4v) is 3.19. The molecule has 8 nitrogen and oxygen atoms in total. The lowest BCUT2D eigenvalue weighted by Gasteiger charge is -2.32. The van der Waals surface area contributed by atoms with E-state index in [0.717, 1.165) is 30.8 Å². The molecule has 4 heterocycles. The van der Waals surface area contributed by atoms with E-state index in [4.69, 9.17) is 0 Å². The number of amides is 1. The molecular formula is C17H19N7O. The van der Waals surface area contributed by atoms with E-state index in [0.29, 0.717) is 18.0 Å². The van der Waals surface area contributed by atoms with Crippen LogP contribution in [0.2, 0.25) is 0 Å². The third-order valence-corrected chi connectivity index (χ3v) is 4.54. The SMILES string of the molecule is Cc1cccnc1NC(=O)C1CCCN(c2nccn3cnnc23)C1. The average Bonchev–Trinajstić information content (AvgIpc) is 3.12. The molecule has 0 spiro atoms. The summed E-state index contributed by atoms with van der Waals surface area (Å²) >= 11 is 0. The number of aromatic nitrogens is 5. The van der Waals surface area contributed by atoms with Crippen molar-refractivity contribution in [3.8, 4) is 0 Å². The lowest BCUT2D eigenvalue weighted by atomic mass is 9.97. The Morgan fingerprint density at radius 3 is 3.12 bits per heavy atom. The third-order valence-electron chi connectivity index (χ3n) is 4.54. The maximum atomic E-state index is 12.7. The summed E-state index contributed by atoms with van der Waals surface area (Å²) in [5.74, 6) is 1.29. The minimum Gasteiger partial charge on any atom is -0.353 e. The molecule has 8 heteroatoms. The summed E-state index contributed by atoms with van der Waals surface area (Å²) in [6, 6.07) is 3.80. The quantitative estimate of drug-likeness (QED) is 0.782. The van der Waals surface area contributed by atoms with Crippen LogP contribution in [0, 0.1) is 12.8 Å². The monoisotopic (exact) mass is 337 g/mol. The molecule has 1 atom stereocenters. The van der Waals surface area contributed by atoms with Crippen molar-refractivity contribution in [2.45, 2.75) is 19.8 Å². The minimum absolute atomic E-state index is 0.0000756. The Bertz CT molecular complexity index is 907. The van der Waals surface area contributed by atoms with Crippen LogP contribution in [0.4, 0.5) is 11.6 Å². The number of hydrogen-bond donors (Lipinski definition) is 1. The number of nitrogens with one attached hydrogen (secondary N) is 1. The first-order chi connectivity index (χ1) is 12.2. The molecule has 1 aliphatic rings. The lowest BCUT2D eigenvalue weighted by Crippen LogP contribution is -2.41. The standard InChI is InChI=1S/C17H19N7O/c1-12-4-2-6-18-14(12)21-17(25)13-5-3-8-23(10-13)15-16-22-20-11-24(16)9-7-19-15/h2,4,6-7,9,11,13H,3,5,8,10H2,1H3,(H,18,21,25). The van der Waals surface area contributed by atoms with Gasteiger partial charge in [-0.1, -0.05) is 6.07 Å². The summed E-state index contributed by atoms with van der Waals surface area (Å²) in [7, 11) is 0. The van der Waals surface area contributed by atoms with Gasteiger partial charge in [0.25, 0.3) is 0 Å². The van der Waals surface area contributed by atoms with Gasteiger partial charge in [-0.3, -0.25) is 9.20 Å². The molecule has 3 aromatic heterocycles. The van der Waals surface area contributed by atoms with E-state index in [1.54, 1.807) is 18.7 Å². The molecule has 0 bridgehead atoms. The Balaban J connectivity index is 1.52. The van der Waals surface area contributed by atoms with Crippen LogP contribution < -0.4 is 10.2 Å². The number of piperidine rings is 1. The molecule has 0 aromatic carbocycles. The highest BCUT2D eigenvalue weighted by atomic mass is 16.2. The Morgan fingerprint density at radius 1 is 1.32 bits per heavy atom. The number of anilines is 2. The number of carbonyl (C=O) groups excluding carboxylic acids is 1. The molecule has 1 saturated heterocycles. The number of hydrogen-bond acceptors (Lipinski definition) is 6. The Kier molecular flexibility index (Phi) is 4.01. The normalized spacial score (nSPS) is 17.6. The van der Waals surface area contributed by atoms with Crippen molar-refractivity contribution in [3.63, 3.8) is 0 Å². The number of aryl methyl sites for hydroxylation is 1. The summed E-state index contributed by atoms with van der Waals surface area (Å²) in [6.45, 7) is 3.40. The van der Waals surface area contributed by atoms with Gasteiger partial charge in [-0.25, -0.2) is 9.97 Å². The molecule has 128 valence electrons. The third kappa shape index (κ3) is 3.02. The highest BCUT2D eigenvalue weighted by Crippen LogP contribution is 2.25. The van der Waals surface area contributed by atoms with Crippen LogP contribution >= 0.6 is 0 Å². The molecule has 1 N–H and O–H groups in total. The maximum Gasteiger partial charge on any atom is 0.230 e. The molecule has 0 saturated carbocycles. The molecule has 4 rings (SSSR count). The van der Waals surface area contributed by atoms with Crippen LogP contribution in [0.1, 0.15) is 18.4 Å². The van der Waals surface area contributed by atoms with Crippen molar-refractivity contribution in [1.82, 2.24) is 24.6 Å². The summed E-state index contributed by atoms with van der Waals surface area (Å²) < 4.78 is 1.84. The Labute approximate surface area is 144 Å². The molecule has 1 amide bonds. The molecule has 1 unspecified atom stereocenters. The van der Waals surface area contributed by atoms with Crippen LogP contribution in [0.25, 0.3) is 5.65 Å². The van der Waals surface area contributed by atoms with Crippen molar-refractivity contribution in [2.75, 3.05) is 23.3 Å². The van der Waals surface area contributed by atoms with Gasteiger partial charge in [0.2, 0.25) is 11.6 Å². The first kappa shape index (κ1) is 15.5. The van der Waals surface area contributed by atoms with Gasteiger partial charge < -0.3 is 10.2 Å². The van der Waals surface area contributed by atoms with Gasteiger partial charge in [-0.15, -0.1) is 10.2 Å². The van der Waals surface area contributed by atoms with Crippen LogP contribution in [0.3, 0.4) is 0 Å². The van der Waals surface area contributed by atoms with Gasteiger partial charge in [-0.2, -0.15) is 0 Å². The largest absolute Gasteiger partial charge is 0.353 e. The highest BCUT2D eigenvalue weighted by Gasteiger charge is 2.28. The van der Waals surface area contributed by atoms with Crippen LogP contribution in [-0.2, 0) is 4.79 Å². The summed E-state index contributed by atoms with van der Waals surface area (Å²) in [5, 5.41) is 11.0. The van der Waals surface area contributed by atoms with E-state index in [-0.39, 0.29) is 11.8 Å². The molecule has 1 aliphatic heterocycles. The van der Waals surface area contributed by atoms with Gasteiger partial charge in [-0.05, 0) is 31.4 Å². The lowest BCUT2D eigenvalue weighted by molar-refractivity contribution is -0.120. The highest BCUT2D eigenvalue weighted by molar-refractivity contribution is 5.92. The van der Waals surface area contributed by atoms with E-state index >= 15 is 0 Å². The van der Waals surface area contributed by atoms with E-state index in [2.05, 4.69) is 30.4 Å². The van der Waals surface area contributed by atoms with Gasteiger partial charge >= 0.3 is 0 Å². The van der Waals surface area contributed by atoms with E-state index in [1.807, 2.05) is 29.7 Å². The van der Waals surface area contributed by atoms with E-state index < -0.39 is 0 Å². The summed E-state index contributed by atoms with van der Waals surface area (Å²) in [6.07, 6.45) is 8.66. The van der Waals surface area contributed by atoms with Gasteiger partial charge in [0, 0.05) is 31.7 Å². The number of pyridine rings is 1. The molecular weight excluding hydrogens is 318 g/mol. The molecule has 1 fully saturated rings. The van der Waals surface area contributed by atoms with Crippen molar-refractivity contribution < 1.29 is 4.79 Å². The Hall–Kier alpha value is -3.03. The van der Waals surface area contributed by atoms with E-state index in [9.17, 15) is 4.79 Å². The number of fused-ring (bicyclic) bond motifs is 1. The second-order valence-electron chi connectivity index (χ2n) is 6.26. The fourth-order valence-electron chi connectivity index (χ4n) is 3.19. The zero-order valence-electron chi connectivity index (χ0n) is 14.0. The summed E-state index contributed by atoms with van der Waals surface area (Å²) in [5.41, 5.74) is 1.67. The Morgan fingerprint density at radius 2 is 2.24 bits per heavy atom. The second-order valence-corrected chi connectivity index (χ2v) is 6.26. The molecule has 3 aromatic rings. The zero-order chi connectivity index (χ0) is 17.2. The second kappa shape index (κ2) is 6.46. The average molecular weight is 337 g/mol.